The van der Waals surface area contributed by atoms with Crippen LogP contribution in [0.3, 0.4) is 0 Å². The van der Waals surface area contributed by atoms with E-state index in [0.717, 1.165) is 12.1 Å². The first-order valence-corrected chi connectivity index (χ1v) is 9.65. The predicted molar refractivity (Wildman–Crippen MR) is 85.5 cm³/mol. The first-order chi connectivity index (χ1) is 10.3. The molecule has 0 fully saturated rings. The fourth-order valence-electron chi connectivity index (χ4n) is 1.40. The van der Waals surface area contributed by atoms with Crippen LogP contribution < -0.4 is 39.6 Å². The summed E-state index contributed by atoms with van der Waals surface area (Å²) in [5.74, 6) is -1.17. The van der Waals surface area contributed by atoms with Crippen LogP contribution in [-0.2, 0) is 19.7 Å². The molecule has 0 atom stereocenters. The van der Waals surface area contributed by atoms with Gasteiger partial charge in [-0.2, -0.15) is 0 Å². The summed E-state index contributed by atoms with van der Waals surface area (Å²) in [6.45, 7) is 0. The molecule has 0 aliphatic rings. The van der Waals surface area contributed by atoms with Crippen LogP contribution in [0.5, 0.6) is 5.75 Å². The second kappa shape index (κ2) is 10.8. The van der Waals surface area contributed by atoms with E-state index in [9.17, 15) is 22.6 Å². The predicted octanol–water partition coefficient (Wildman–Crippen LogP) is -0.991. The van der Waals surface area contributed by atoms with Crippen molar-refractivity contribution in [1.29, 1.82) is 0 Å². The number of anilines is 1. The summed E-state index contributed by atoms with van der Waals surface area (Å²) in [5.41, 5.74) is 0.112. The van der Waals surface area contributed by atoms with E-state index in [1.165, 1.54) is 6.07 Å². The SMILES string of the molecule is O=C(CCBr)Nc1ccc(S(=O)(=O)[O-])cc1OC(=O)CCBr.[Na+]. The number of esters is 1. The molecule has 0 aromatic heterocycles. The number of ether oxygens (including phenoxy) is 1. The molecule has 0 spiro atoms. The number of benzene rings is 1. The van der Waals surface area contributed by atoms with Crippen LogP contribution in [0.4, 0.5) is 5.69 Å². The summed E-state index contributed by atoms with van der Waals surface area (Å²) in [6, 6.07) is 3.15. The Kier molecular flexibility index (Phi) is 10.8. The number of rotatable bonds is 7. The van der Waals surface area contributed by atoms with Crippen molar-refractivity contribution in [2.45, 2.75) is 17.7 Å². The van der Waals surface area contributed by atoms with Crippen LogP contribution in [0.1, 0.15) is 12.8 Å². The van der Waals surface area contributed by atoms with Gasteiger partial charge in [-0.25, -0.2) is 8.42 Å². The molecule has 0 aliphatic heterocycles. The van der Waals surface area contributed by atoms with Gasteiger partial charge in [0.1, 0.15) is 10.1 Å². The Morgan fingerprint density at radius 3 is 2.30 bits per heavy atom. The molecule has 7 nitrogen and oxygen atoms in total. The van der Waals surface area contributed by atoms with E-state index in [-0.39, 0.29) is 59.7 Å². The quantitative estimate of drug-likeness (QED) is 0.176. The van der Waals surface area contributed by atoms with Gasteiger partial charge < -0.3 is 14.6 Å². The second-order valence-electron chi connectivity index (χ2n) is 4.01. The maximum Gasteiger partial charge on any atom is 1.00 e. The summed E-state index contributed by atoms with van der Waals surface area (Å²) in [5, 5.41) is 3.28. The van der Waals surface area contributed by atoms with Crippen LogP contribution in [0.25, 0.3) is 0 Å². The molecule has 0 bridgehead atoms. The number of hydrogen-bond acceptors (Lipinski definition) is 6. The van der Waals surface area contributed by atoms with E-state index in [4.69, 9.17) is 4.74 Å². The molecule has 1 N–H and O–H groups in total. The molecule has 122 valence electrons. The summed E-state index contributed by atoms with van der Waals surface area (Å²) in [7, 11) is -4.70. The topological polar surface area (TPSA) is 113 Å². The summed E-state index contributed by atoms with van der Waals surface area (Å²) in [6.07, 6.45) is 0.222. The van der Waals surface area contributed by atoms with Gasteiger partial charge in [-0.3, -0.25) is 9.59 Å². The van der Waals surface area contributed by atoms with Crippen LogP contribution in [0, 0.1) is 0 Å². The van der Waals surface area contributed by atoms with Gasteiger partial charge in [-0.1, -0.05) is 31.9 Å². The third-order valence-electron chi connectivity index (χ3n) is 2.36. The van der Waals surface area contributed by atoms with Gasteiger partial charge in [0.2, 0.25) is 5.91 Å². The van der Waals surface area contributed by atoms with E-state index < -0.39 is 21.0 Å². The zero-order chi connectivity index (χ0) is 16.8. The summed E-state index contributed by atoms with van der Waals surface area (Å²) < 4.78 is 38.1. The standard InChI is InChI=1S/C12H13Br2NO6S.Na/c13-5-3-11(16)15-9-2-1-8(22(18,19)20)7-10(9)21-12(17)4-6-14;/h1-2,7H,3-6H2,(H,15,16)(H,18,19,20);/q;+1/p-1. The number of alkyl halides is 2. The molecule has 1 amide bonds. The number of carbonyl (C=O) groups is 2. The van der Waals surface area contributed by atoms with Crippen molar-refractivity contribution >= 4 is 59.5 Å². The molecule has 0 saturated heterocycles. The zero-order valence-corrected chi connectivity index (χ0v) is 18.2. The average molecular weight is 481 g/mol. The summed E-state index contributed by atoms with van der Waals surface area (Å²) in [4.78, 5) is 22.6. The maximum absolute atomic E-state index is 11.6. The van der Waals surface area contributed by atoms with Crippen LogP contribution >= 0.6 is 31.9 Å². The van der Waals surface area contributed by atoms with E-state index in [1.54, 1.807) is 0 Å². The van der Waals surface area contributed by atoms with Crippen molar-refractivity contribution in [3.8, 4) is 5.75 Å². The number of amides is 1. The number of nitrogens with one attached hydrogen (secondary N) is 1. The fraction of sp³-hybridized carbons (Fsp3) is 0.333. The Labute approximate surface area is 172 Å². The van der Waals surface area contributed by atoms with Crippen molar-refractivity contribution in [2.24, 2.45) is 0 Å². The van der Waals surface area contributed by atoms with Gasteiger partial charge in [-0.15, -0.1) is 0 Å². The number of hydrogen-bond donors (Lipinski definition) is 1. The van der Waals surface area contributed by atoms with Gasteiger partial charge in [0.05, 0.1) is 17.0 Å². The van der Waals surface area contributed by atoms with Gasteiger partial charge in [0, 0.05) is 23.1 Å². The van der Waals surface area contributed by atoms with Crippen molar-refractivity contribution in [1.82, 2.24) is 0 Å². The molecule has 0 unspecified atom stereocenters. The minimum Gasteiger partial charge on any atom is -0.744 e. The van der Waals surface area contributed by atoms with Crippen molar-refractivity contribution in [2.75, 3.05) is 16.0 Å². The first-order valence-electron chi connectivity index (χ1n) is 6.00. The van der Waals surface area contributed by atoms with E-state index in [0.29, 0.717) is 10.7 Å². The van der Waals surface area contributed by atoms with E-state index >= 15 is 0 Å². The van der Waals surface area contributed by atoms with Crippen molar-refractivity contribution in [3.05, 3.63) is 18.2 Å². The molecule has 1 aromatic rings. The Morgan fingerprint density at radius 1 is 1.17 bits per heavy atom. The number of carbonyl (C=O) groups excluding carboxylic acids is 2. The minimum atomic E-state index is -4.70. The van der Waals surface area contributed by atoms with Crippen LogP contribution in [0.2, 0.25) is 0 Å². The van der Waals surface area contributed by atoms with Gasteiger partial charge in [-0.05, 0) is 12.1 Å². The Morgan fingerprint density at radius 2 is 1.78 bits per heavy atom. The minimum absolute atomic E-state index is 0. The van der Waals surface area contributed by atoms with E-state index in [2.05, 4.69) is 37.2 Å². The molecular formula is C12H12Br2NNaO6S. The smallest absolute Gasteiger partial charge is 0.744 e. The van der Waals surface area contributed by atoms with Crippen molar-refractivity contribution < 1.29 is 56.9 Å². The second-order valence-corrected chi connectivity index (χ2v) is 6.98. The molecule has 1 aromatic carbocycles. The van der Waals surface area contributed by atoms with Gasteiger partial charge in [0.25, 0.3) is 0 Å². The van der Waals surface area contributed by atoms with Crippen LogP contribution in [0.15, 0.2) is 23.1 Å². The third kappa shape index (κ3) is 8.10. The Bertz CT molecular complexity index is 668. The molecule has 0 heterocycles. The van der Waals surface area contributed by atoms with Crippen molar-refractivity contribution in [3.63, 3.8) is 0 Å². The molecule has 1 rings (SSSR count). The maximum atomic E-state index is 11.6. The zero-order valence-electron chi connectivity index (χ0n) is 12.2. The molecule has 0 radical (unpaired) electrons. The molecule has 23 heavy (non-hydrogen) atoms. The molecule has 0 aliphatic carbocycles. The summed E-state index contributed by atoms with van der Waals surface area (Å²) >= 11 is 6.18. The number of halogens is 2. The molecule has 0 saturated carbocycles. The normalized spacial score (nSPS) is 10.6. The first kappa shape index (κ1) is 23.0. The third-order valence-corrected chi connectivity index (χ3v) is 3.98. The van der Waals surface area contributed by atoms with Crippen LogP contribution in [-0.4, -0.2) is 35.5 Å². The Hall–Kier alpha value is 0.0300. The van der Waals surface area contributed by atoms with E-state index in [1.807, 2.05) is 0 Å². The fourth-order valence-corrected chi connectivity index (χ4v) is 2.57. The molecule has 11 heteroatoms. The largest absolute Gasteiger partial charge is 1.00 e. The van der Waals surface area contributed by atoms with Gasteiger partial charge >= 0.3 is 35.5 Å². The average Bonchev–Trinajstić information content (AvgIpc) is 2.40. The van der Waals surface area contributed by atoms with Gasteiger partial charge in [0.15, 0.2) is 5.75 Å². The molecular weight excluding hydrogens is 469 g/mol. The monoisotopic (exact) mass is 479 g/mol. The Balaban J connectivity index is 0.00000484.